The third-order valence-electron chi connectivity index (χ3n) is 4.65. The van der Waals surface area contributed by atoms with Gasteiger partial charge in [-0.15, -0.1) is 0 Å². The molecule has 0 saturated heterocycles. The van der Waals surface area contributed by atoms with Crippen LogP contribution in [0.25, 0.3) is 11.0 Å². The first-order valence-electron chi connectivity index (χ1n) is 9.06. The zero-order valence-electron chi connectivity index (χ0n) is 16.3. The number of ether oxygens (including phenoxy) is 1. The van der Waals surface area contributed by atoms with Gasteiger partial charge >= 0.3 is 5.63 Å². The van der Waals surface area contributed by atoms with E-state index >= 15 is 0 Å². The maximum Gasteiger partial charge on any atom is 0.339 e. The van der Waals surface area contributed by atoms with Crippen molar-refractivity contribution < 1.29 is 18.7 Å². The summed E-state index contributed by atoms with van der Waals surface area (Å²) in [6.45, 7) is 6.79. The van der Waals surface area contributed by atoms with E-state index in [1.165, 1.54) is 0 Å². The first-order valence-corrected chi connectivity index (χ1v) is 9.06. The number of hydrogen-bond donors (Lipinski definition) is 1. The number of fused-ring (bicyclic) bond motifs is 1. The molecule has 1 N–H and O–H groups in total. The van der Waals surface area contributed by atoms with Crippen LogP contribution in [0.15, 0.2) is 27.4 Å². The molecule has 2 amide bonds. The van der Waals surface area contributed by atoms with Crippen LogP contribution in [-0.4, -0.2) is 43.5 Å². The van der Waals surface area contributed by atoms with Gasteiger partial charge in [0.1, 0.15) is 11.3 Å². The molecule has 7 heteroatoms. The van der Waals surface area contributed by atoms with Crippen LogP contribution >= 0.6 is 0 Å². The second-order valence-corrected chi connectivity index (χ2v) is 6.20. The Bertz CT molecular complexity index is 884. The topological polar surface area (TPSA) is 88.8 Å². The molecule has 0 saturated carbocycles. The van der Waals surface area contributed by atoms with Gasteiger partial charge in [-0.3, -0.25) is 9.59 Å². The molecule has 0 radical (unpaired) electrons. The fraction of sp³-hybridized carbons (Fsp3) is 0.450. The van der Waals surface area contributed by atoms with Crippen LogP contribution in [0.4, 0.5) is 0 Å². The van der Waals surface area contributed by atoms with Crippen LogP contribution in [0, 0.1) is 6.92 Å². The Morgan fingerprint density at radius 3 is 2.56 bits per heavy atom. The minimum Gasteiger partial charge on any atom is -0.497 e. The monoisotopic (exact) mass is 374 g/mol. The number of hydrogen-bond acceptors (Lipinski definition) is 5. The van der Waals surface area contributed by atoms with Crippen LogP contribution < -0.4 is 15.7 Å². The standard InChI is InChI=1S/C20H26N2O5/c1-5-22(6-2)19(24)12-21-18(23)10-9-16-13(3)15-8-7-14(26-4)11-17(15)27-20(16)25/h7-8,11H,5-6,9-10,12H2,1-4H3,(H,21,23). The van der Waals surface area contributed by atoms with Gasteiger partial charge < -0.3 is 19.4 Å². The Balaban J connectivity index is 2.05. The Labute approximate surface area is 158 Å². The van der Waals surface area contributed by atoms with E-state index in [2.05, 4.69) is 5.32 Å². The average Bonchev–Trinajstić information content (AvgIpc) is 2.66. The molecule has 0 aliphatic rings. The number of amides is 2. The van der Waals surface area contributed by atoms with Gasteiger partial charge in [0.05, 0.1) is 13.7 Å². The molecule has 0 fully saturated rings. The summed E-state index contributed by atoms with van der Waals surface area (Å²) in [6, 6.07) is 5.29. The molecule has 27 heavy (non-hydrogen) atoms. The molecule has 1 heterocycles. The molecular weight excluding hydrogens is 348 g/mol. The van der Waals surface area contributed by atoms with Gasteiger partial charge in [-0.25, -0.2) is 4.79 Å². The maximum absolute atomic E-state index is 12.3. The van der Waals surface area contributed by atoms with Crippen molar-refractivity contribution in [1.82, 2.24) is 10.2 Å². The van der Waals surface area contributed by atoms with Gasteiger partial charge in [-0.1, -0.05) is 0 Å². The molecule has 0 atom stereocenters. The molecule has 1 aromatic heterocycles. The SMILES string of the molecule is CCN(CC)C(=O)CNC(=O)CCc1c(C)c2ccc(OC)cc2oc1=O. The van der Waals surface area contributed by atoms with Gasteiger partial charge in [0.2, 0.25) is 11.8 Å². The van der Waals surface area contributed by atoms with E-state index < -0.39 is 5.63 Å². The average molecular weight is 374 g/mol. The number of carbonyl (C=O) groups is 2. The molecule has 2 aromatic rings. The second kappa shape index (κ2) is 9.21. The lowest BCUT2D eigenvalue weighted by Crippen LogP contribution is -2.40. The highest BCUT2D eigenvalue weighted by Gasteiger charge is 2.15. The van der Waals surface area contributed by atoms with Crippen molar-refractivity contribution in [2.45, 2.75) is 33.6 Å². The zero-order chi connectivity index (χ0) is 20.0. The fourth-order valence-corrected chi connectivity index (χ4v) is 2.98. The first kappa shape index (κ1) is 20.5. The second-order valence-electron chi connectivity index (χ2n) is 6.20. The molecule has 0 unspecified atom stereocenters. The molecule has 2 rings (SSSR count). The van der Waals surface area contributed by atoms with Crippen LogP contribution in [-0.2, 0) is 16.0 Å². The smallest absolute Gasteiger partial charge is 0.339 e. The van der Waals surface area contributed by atoms with Crippen LogP contribution in [0.2, 0.25) is 0 Å². The number of nitrogens with zero attached hydrogens (tertiary/aromatic N) is 1. The highest BCUT2D eigenvalue weighted by Crippen LogP contribution is 2.24. The zero-order valence-corrected chi connectivity index (χ0v) is 16.3. The summed E-state index contributed by atoms with van der Waals surface area (Å²) in [7, 11) is 1.55. The van der Waals surface area contributed by atoms with Crippen molar-refractivity contribution in [3.8, 4) is 5.75 Å². The normalized spacial score (nSPS) is 10.7. The number of nitrogens with one attached hydrogen (secondary N) is 1. The lowest BCUT2D eigenvalue weighted by atomic mass is 10.0. The summed E-state index contributed by atoms with van der Waals surface area (Å²) in [6.07, 6.45) is 0.361. The summed E-state index contributed by atoms with van der Waals surface area (Å²) >= 11 is 0. The molecule has 0 bridgehead atoms. The van der Waals surface area contributed by atoms with Crippen LogP contribution in [0.5, 0.6) is 5.75 Å². The van der Waals surface area contributed by atoms with E-state index in [-0.39, 0.29) is 31.2 Å². The van der Waals surface area contributed by atoms with Crippen molar-refractivity contribution in [3.63, 3.8) is 0 Å². The minimum absolute atomic E-state index is 0.0361. The number of aryl methyl sites for hydroxylation is 1. The maximum atomic E-state index is 12.3. The molecule has 0 spiro atoms. The predicted octanol–water partition coefficient (Wildman–Crippen LogP) is 2.03. The van der Waals surface area contributed by atoms with E-state index in [1.54, 1.807) is 24.1 Å². The quantitative estimate of drug-likeness (QED) is 0.714. The summed E-state index contributed by atoms with van der Waals surface area (Å²) in [5.74, 6) is 0.211. The number of likely N-dealkylation sites (N-methyl/N-ethyl adjacent to an activating group) is 1. The van der Waals surface area contributed by atoms with Crippen molar-refractivity contribution in [2.75, 3.05) is 26.7 Å². The Kier molecular flexibility index (Phi) is 6.98. The first-order chi connectivity index (χ1) is 12.9. The van der Waals surface area contributed by atoms with Crippen molar-refractivity contribution in [3.05, 3.63) is 39.7 Å². The van der Waals surface area contributed by atoms with Gasteiger partial charge in [-0.05, 0) is 44.9 Å². The Morgan fingerprint density at radius 1 is 1.22 bits per heavy atom. The summed E-state index contributed by atoms with van der Waals surface area (Å²) in [5, 5.41) is 3.42. The highest BCUT2D eigenvalue weighted by atomic mass is 16.5. The third-order valence-corrected chi connectivity index (χ3v) is 4.65. The van der Waals surface area contributed by atoms with Crippen LogP contribution in [0.1, 0.15) is 31.4 Å². The summed E-state index contributed by atoms with van der Waals surface area (Å²) < 4.78 is 10.5. The van der Waals surface area contributed by atoms with E-state index in [0.717, 1.165) is 10.9 Å². The van der Waals surface area contributed by atoms with Crippen LogP contribution in [0.3, 0.4) is 0 Å². The largest absolute Gasteiger partial charge is 0.497 e. The Morgan fingerprint density at radius 2 is 1.93 bits per heavy atom. The van der Waals surface area contributed by atoms with E-state index in [1.807, 2.05) is 26.8 Å². The lowest BCUT2D eigenvalue weighted by molar-refractivity contribution is -0.132. The van der Waals surface area contributed by atoms with Gasteiger partial charge in [0.15, 0.2) is 0 Å². The number of benzene rings is 1. The highest BCUT2D eigenvalue weighted by molar-refractivity contribution is 5.85. The molecule has 1 aromatic carbocycles. The van der Waals surface area contributed by atoms with Gasteiger partial charge in [0.25, 0.3) is 0 Å². The van der Waals surface area contributed by atoms with E-state index in [0.29, 0.717) is 30.0 Å². The molecule has 146 valence electrons. The molecule has 0 aliphatic heterocycles. The third kappa shape index (κ3) is 4.87. The molecular formula is C20H26N2O5. The fourth-order valence-electron chi connectivity index (χ4n) is 2.98. The predicted molar refractivity (Wildman–Crippen MR) is 103 cm³/mol. The van der Waals surface area contributed by atoms with Gasteiger partial charge in [-0.2, -0.15) is 0 Å². The van der Waals surface area contributed by atoms with Crippen molar-refractivity contribution >= 4 is 22.8 Å². The summed E-state index contributed by atoms with van der Waals surface area (Å²) in [5.41, 5.74) is 1.25. The van der Waals surface area contributed by atoms with Gasteiger partial charge in [0, 0.05) is 36.5 Å². The summed E-state index contributed by atoms with van der Waals surface area (Å²) in [4.78, 5) is 37.9. The number of carbonyl (C=O) groups excluding carboxylic acids is 2. The van der Waals surface area contributed by atoms with E-state index in [4.69, 9.17) is 9.15 Å². The minimum atomic E-state index is -0.458. The number of methoxy groups -OCH3 is 1. The number of rotatable bonds is 8. The van der Waals surface area contributed by atoms with Crippen molar-refractivity contribution in [2.24, 2.45) is 0 Å². The molecule has 0 aliphatic carbocycles. The molecule has 7 nitrogen and oxygen atoms in total. The van der Waals surface area contributed by atoms with E-state index in [9.17, 15) is 14.4 Å². The van der Waals surface area contributed by atoms with Crippen molar-refractivity contribution in [1.29, 1.82) is 0 Å². The Hall–Kier alpha value is -2.83. The lowest BCUT2D eigenvalue weighted by Gasteiger charge is -2.18.